The van der Waals surface area contributed by atoms with Crippen LogP contribution in [0.15, 0.2) is 53.4 Å². The van der Waals surface area contributed by atoms with Gasteiger partial charge in [0.25, 0.3) is 0 Å². The van der Waals surface area contributed by atoms with Crippen molar-refractivity contribution in [2.75, 3.05) is 5.75 Å². The lowest BCUT2D eigenvalue weighted by Crippen LogP contribution is -2.29. The van der Waals surface area contributed by atoms with E-state index < -0.39 is 0 Å². The van der Waals surface area contributed by atoms with Gasteiger partial charge in [-0.25, -0.2) is 4.39 Å². The van der Waals surface area contributed by atoms with Crippen LogP contribution in [0.4, 0.5) is 4.39 Å². The van der Waals surface area contributed by atoms with Gasteiger partial charge in [-0.05, 0) is 41.8 Å². The Hall–Kier alpha value is -1.36. The van der Waals surface area contributed by atoms with Crippen molar-refractivity contribution in [1.29, 1.82) is 0 Å². The van der Waals surface area contributed by atoms with E-state index in [-0.39, 0.29) is 11.9 Å². The fourth-order valence-corrected chi connectivity index (χ4v) is 2.96. The maximum absolute atomic E-state index is 12.9. The van der Waals surface area contributed by atoms with E-state index in [0.717, 1.165) is 17.1 Å². The molecular formula is C16H19FN2S. The third kappa shape index (κ3) is 4.07. The first-order valence-electron chi connectivity index (χ1n) is 6.66. The molecule has 106 valence electrons. The Bertz CT molecular complexity index is 542. The fourth-order valence-electron chi connectivity index (χ4n) is 1.98. The average Bonchev–Trinajstić information content (AvgIpc) is 2.50. The summed E-state index contributed by atoms with van der Waals surface area (Å²) < 4.78 is 12.9. The van der Waals surface area contributed by atoms with Crippen LogP contribution in [0.3, 0.4) is 0 Å². The van der Waals surface area contributed by atoms with Crippen LogP contribution in [0.1, 0.15) is 24.1 Å². The topological polar surface area (TPSA) is 38.0 Å². The van der Waals surface area contributed by atoms with Crippen LogP contribution in [-0.2, 0) is 6.42 Å². The highest BCUT2D eigenvalue weighted by molar-refractivity contribution is 7.99. The second-order valence-electron chi connectivity index (χ2n) is 4.58. The molecule has 0 saturated carbocycles. The minimum Gasteiger partial charge on any atom is -0.271 e. The van der Waals surface area contributed by atoms with E-state index in [2.05, 4.69) is 36.6 Å². The minimum absolute atomic E-state index is 0.0801. The van der Waals surface area contributed by atoms with E-state index >= 15 is 0 Å². The number of benzene rings is 2. The van der Waals surface area contributed by atoms with Gasteiger partial charge < -0.3 is 0 Å². The van der Waals surface area contributed by atoms with Gasteiger partial charge in [0.15, 0.2) is 0 Å². The van der Waals surface area contributed by atoms with E-state index in [4.69, 9.17) is 5.84 Å². The standard InChI is InChI=1S/C16H19FN2S/c1-2-12-4-3-5-13(10-12)16(19-18)11-20-15-8-6-14(17)7-9-15/h3-10,16,19H,2,11,18H2,1H3. The molecule has 0 spiro atoms. The van der Waals surface area contributed by atoms with E-state index in [1.165, 1.54) is 23.3 Å². The molecule has 1 unspecified atom stereocenters. The molecule has 3 N–H and O–H groups in total. The van der Waals surface area contributed by atoms with E-state index in [1.807, 2.05) is 0 Å². The maximum atomic E-state index is 12.9. The smallest absolute Gasteiger partial charge is 0.123 e. The summed E-state index contributed by atoms with van der Waals surface area (Å²) in [5.74, 6) is 6.25. The molecule has 0 aliphatic heterocycles. The first-order chi connectivity index (χ1) is 9.72. The predicted molar refractivity (Wildman–Crippen MR) is 83.0 cm³/mol. The number of hydrogen-bond donors (Lipinski definition) is 2. The Balaban J connectivity index is 2.03. The summed E-state index contributed by atoms with van der Waals surface area (Å²) in [6, 6.07) is 15.0. The lowest BCUT2D eigenvalue weighted by molar-refractivity contribution is 0.610. The number of hydrogen-bond acceptors (Lipinski definition) is 3. The average molecular weight is 290 g/mol. The summed E-state index contributed by atoms with van der Waals surface area (Å²) in [4.78, 5) is 1.04. The van der Waals surface area contributed by atoms with Crippen LogP contribution >= 0.6 is 11.8 Å². The lowest BCUT2D eigenvalue weighted by Gasteiger charge is -2.16. The van der Waals surface area contributed by atoms with E-state index in [9.17, 15) is 4.39 Å². The molecule has 2 aromatic carbocycles. The first kappa shape index (κ1) is 15.0. The number of nitrogens with two attached hydrogens (primary N) is 1. The van der Waals surface area contributed by atoms with Gasteiger partial charge in [-0.3, -0.25) is 11.3 Å². The normalized spacial score (nSPS) is 12.3. The third-order valence-electron chi connectivity index (χ3n) is 3.19. The summed E-state index contributed by atoms with van der Waals surface area (Å²) in [6.45, 7) is 2.14. The second-order valence-corrected chi connectivity index (χ2v) is 5.68. The summed E-state index contributed by atoms with van der Waals surface area (Å²) in [6.07, 6.45) is 1.01. The van der Waals surface area contributed by atoms with E-state index in [1.54, 1.807) is 23.9 Å². The summed E-state index contributed by atoms with van der Waals surface area (Å²) >= 11 is 1.66. The molecule has 0 radical (unpaired) electrons. The molecule has 0 bridgehead atoms. The minimum atomic E-state index is -0.210. The lowest BCUT2D eigenvalue weighted by atomic mass is 10.0. The van der Waals surface area contributed by atoms with Gasteiger partial charge in [0.05, 0.1) is 6.04 Å². The molecule has 20 heavy (non-hydrogen) atoms. The number of aryl methyl sites for hydroxylation is 1. The molecule has 2 nitrogen and oxygen atoms in total. The molecule has 2 rings (SSSR count). The molecule has 0 amide bonds. The second kappa shape index (κ2) is 7.43. The first-order valence-corrected chi connectivity index (χ1v) is 7.65. The molecule has 2 aromatic rings. The number of nitrogens with one attached hydrogen (secondary N) is 1. The van der Waals surface area contributed by atoms with Crippen molar-refractivity contribution in [3.8, 4) is 0 Å². The van der Waals surface area contributed by atoms with Crippen molar-refractivity contribution in [2.24, 2.45) is 5.84 Å². The van der Waals surface area contributed by atoms with Crippen molar-refractivity contribution in [3.05, 3.63) is 65.5 Å². The highest BCUT2D eigenvalue weighted by Crippen LogP contribution is 2.25. The predicted octanol–water partition coefficient (Wildman–Crippen LogP) is 3.68. The number of thioether (sulfide) groups is 1. The summed E-state index contributed by atoms with van der Waals surface area (Å²) in [5.41, 5.74) is 5.34. The zero-order valence-electron chi connectivity index (χ0n) is 11.5. The third-order valence-corrected chi connectivity index (χ3v) is 4.30. The quantitative estimate of drug-likeness (QED) is 0.484. The van der Waals surface area contributed by atoms with Crippen molar-refractivity contribution in [2.45, 2.75) is 24.3 Å². The molecule has 1 atom stereocenters. The van der Waals surface area contributed by atoms with Gasteiger partial charge in [-0.2, -0.15) is 0 Å². The SMILES string of the molecule is CCc1cccc(C(CSc2ccc(F)cc2)NN)c1. The van der Waals surface area contributed by atoms with Gasteiger partial charge in [0.2, 0.25) is 0 Å². The molecular weight excluding hydrogens is 271 g/mol. The monoisotopic (exact) mass is 290 g/mol. The number of rotatable bonds is 6. The maximum Gasteiger partial charge on any atom is 0.123 e. The summed E-state index contributed by atoms with van der Waals surface area (Å²) in [5, 5.41) is 0. The fraction of sp³-hybridized carbons (Fsp3) is 0.250. The van der Waals surface area contributed by atoms with Crippen LogP contribution < -0.4 is 11.3 Å². The summed E-state index contributed by atoms with van der Waals surface area (Å²) in [7, 11) is 0. The van der Waals surface area contributed by atoms with Crippen LogP contribution in [0, 0.1) is 5.82 Å². The van der Waals surface area contributed by atoms with Crippen molar-refractivity contribution in [3.63, 3.8) is 0 Å². The molecule has 0 saturated heterocycles. The highest BCUT2D eigenvalue weighted by atomic mass is 32.2. The Labute approximate surface area is 123 Å². The van der Waals surface area contributed by atoms with Crippen LogP contribution in [-0.4, -0.2) is 5.75 Å². The molecule has 0 heterocycles. The zero-order chi connectivity index (χ0) is 14.4. The Morgan fingerprint density at radius 2 is 1.95 bits per heavy atom. The molecule has 0 aliphatic rings. The van der Waals surface area contributed by atoms with Crippen molar-refractivity contribution >= 4 is 11.8 Å². The molecule has 4 heteroatoms. The van der Waals surface area contributed by atoms with Gasteiger partial charge in [-0.1, -0.05) is 31.2 Å². The zero-order valence-corrected chi connectivity index (χ0v) is 12.3. The van der Waals surface area contributed by atoms with Crippen LogP contribution in [0.5, 0.6) is 0 Å². The highest BCUT2D eigenvalue weighted by Gasteiger charge is 2.10. The van der Waals surface area contributed by atoms with Gasteiger partial charge in [0.1, 0.15) is 5.82 Å². The molecule has 0 fully saturated rings. The van der Waals surface area contributed by atoms with Gasteiger partial charge in [0, 0.05) is 10.6 Å². The molecule has 0 aromatic heterocycles. The Morgan fingerprint density at radius 1 is 1.20 bits per heavy atom. The number of halogens is 1. The van der Waals surface area contributed by atoms with Crippen LogP contribution in [0.25, 0.3) is 0 Å². The van der Waals surface area contributed by atoms with Gasteiger partial charge in [-0.15, -0.1) is 11.8 Å². The van der Waals surface area contributed by atoms with Crippen molar-refractivity contribution < 1.29 is 4.39 Å². The Morgan fingerprint density at radius 3 is 2.60 bits per heavy atom. The Kier molecular flexibility index (Phi) is 5.59. The van der Waals surface area contributed by atoms with Gasteiger partial charge >= 0.3 is 0 Å². The number of hydrazine groups is 1. The van der Waals surface area contributed by atoms with E-state index in [0.29, 0.717) is 0 Å². The largest absolute Gasteiger partial charge is 0.271 e. The van der Waals surface area contributed by atoms with Crippen molar-refractivity contribution in [1.82, 2.24) is 5.43 Å². The van der Waals surface area contributed by atoms with Crippen LogP contribution in [0.2, 0.25) is 0 Å². The molecule has 0 aliphatic carbocycles.